The molecule has 2 heterocycles. The van der Waals surface area contributed by atoms with Gasteiger partial charge in [-0.2, -0.15) is 11.8 Å². The standard InChI is InChI=1S/C12H16N2OS2/c1-15-12(4-2-3-5-12)11-13-9-7-17-6-8(9)10(16)14-11/h2-7H2,1H3,(H,13,14,16). The highest BCUT2D eigenvalue weighted by molar-refractivity contribution is 7.98. The van der Waals surface area contributed by atoms with Gasteiger partial charge in [-0.05, 0) is 25.7 Å². The van der Waals surface area contributed by atoms with E-state index in [9.17, 15) is 0 Å². The number of methoxy groups -OCH3 is 1. The number of fused-ring (bicyclic) bond motifs is 1. The van der Waals surface area contributed by atoms with E-state index >= 15 is 0 Å². The average Bonchev–Trinajstić information content (AvgIpc) is 2.98. The summed E-state index contributed by atoms with van der Waals surface area (Å²) in [6.45, 7) is 0. The quantitative estimate of drug-likeness (QED) is 0.835. The maximum absolute atomic E-state index is 5.75. The normalized spacial score (nSPS) is 21.7. The number of H-pyrrole nitrogens is 1. The van der Waals surface area contributed by atoms with E-state index in [1.807, 2.05) is 11.8 Å². The first kappa shape index (κ1) is 11.7. The van der Waals surface area contributed by atoms with E-state index in [4.69, 9.17) is 17.0 Å². The van der Waals surface area contributed by atoms with E-state index in [-0.39, 0.29) is 5.60 Å². The molecule has 3 nitrogen and oxygen atoms in total. The third kappa shape index (κ3) is 1.84. The Morgan fingerprint density at radius 3 is 2.82 bits per heavy atom. The molecule has 1 aliphatic carbocycles. The van der Waals surface area contributed by atoms with Crippen molar-refractivity contribution in [3.05, 3.63) is 21.7 Å². The molecule has 1 aromatic heterocycles. The predicted molar refractivity (Wildman–Crippen MR) is 71.6 cm³/mol. The van der Waals surface area contributed by atoms with Crippen LogP contribution in [-0.2, 0) is 21.8 Å². The minimum Gasteiger partial charge on any atom is -0.370 e. The van der Waals surface area contributed by atoms with Crippen LogP contribution in [0.2, 0.25) is 0 Å². The maximum Gasteiger partial charge on any atom is 0.140 e. The van der Waals surface area contributed by atoms with Crippen LogP contribution in [0.3, 0.4) is 0 Å². The molecular weight excluding hydrogens is 252 g/mol. The lowest BCUT2D eigenvalue weighted by molar-refractivity contribution is -0.0165. The van der Waals surface area contributed by atoms with Crippen LogP contribution in [0.15, 0.2) is 0 Å². The van der Waals surface area contributed by atoms with Crippen LogP contribution < -0.4 is 0 Å². The van der Waals surface area contributed by atoms with Gasteiger partial charge in [0, 0.05) is 29.9 Å². The fourth-order valence-electron chi connectivity index (χ4n) is 2.77. The van der Waals surface area contributed by atoms with E-state index in [0.29, 0.717) is 0 Å². The van der Waals surface area contributed by atoms with Crippen LogP contribution in [0.4, 0.5) is 0 Å². The number of aromatic nitrogens is 2. The molecule has 0 unspecified atom stereocenters. The molecule has 1 aromatic rings. The number of aromatic amines is 1. The monoisotopic (exact) mass is 268 g/mol. The third-order valence-electron chi connectivity index (χ3n) is 3.83. The highest BCUT2D eigenvalue weighted by Gasteiger charge is 2.38. The number of hydrogen-bond donors (Lipinski definition) is 1. The van der Waals surface area contributed by atoms with E-state index in [1.165, 1.54) is 24.1 Å². The van der Waals surface area contributed by atoms with Gasteiger partial charge in [0.15, 0.2) is 0 Å². The SMILES string of the molecule is COC1(c2nc(=S)c3c([nH]2)CSC3)CCCC1. The number of thioether (sulfide) groups is 1. The molecule has 0 atom stereocenters. The molecule has 1 aliphatic heterocycles. The van der Waals surface area contributed by atoms with Crippen LogP contribution >= 0.6 is 24.0 Å². The van der Waals surface area contributed by atoms with Crippen molar-refractivity contribution in [2.24, 2.45) is 0 Å². The summed E-state index contributed by atoms with van der Waals surface area (Å²) >= 11 is 7.30. The van der Waals surface area contributed by atoms with Crippen LogP contribution in [0.25, 0.3) is 0 Å². The van der Waals surface area contributed by atoms with Crippen molar-refractivity contribution in [1.29, 1.82) is 0 Å². The van der Waals surface area contributed by atoms with Gasteiger partial charge >= 0.3 is 0 Å². The molecule has 0 amide bonds. The van der Waals surface area contributed by atoms with Gasteiger partial charge in [0.05, 0.1) is 0 Å². The van der Waals surface area contributed by atoms with E-state index < -0.39 is 0 Å². The van der Waals surface area contributed by atoms with Crippen molar-refractivity contribution in [3.63, 3.8) is 0 Å². The zero-order chi connectivity index (χ0) is 11.9. The Balaban J connectivity index is 2.09. The smallest absolute Gasteiger partial charge is 0.140 e. The molecule has 2 aliphatic rings. The Bertz CT molecular complexity index is 492. The second-order valence-corrected chi connectivity index (χ2v) is 6.12. The number of ether oxygens (including phenoxy) is 1. The summed E-state index contributed by atoms with van der Waals surface area (Å²) in [4.78, 5) is 8.07. The molecular formula is C12H16N2OS2. The molecule has 0 aromatic carbocycles. The number of rotatable bonds is 2. The Hall–Kier alpha value is -0.390. The molecule has 1 N–H and O–H groups in total. The average molecular weight is 268 g/mol. The lowest BCUT2D eigenvalue weighted by atomic mass is 10.0. The fraction of sp³-hybridized carbons (Fsp3) is 0.667. The minimum absolute atomic E-state index is 0.212. The lowest BCUT2D eigenvalue weighted by Crippen LogP contribution is -2.28. The largest absolute Gasteiger partial charge is 0.370 e. The van der Waals surface area contributed by atoms with Gasteiger partial charge in [-0.1, -0.05) is 12.2 Å². The molecule has 1 fully saturated rings. The Morgan fingerprint density at radius 2 is 2.12 bits per heavy atom. The first-order valence-corrected chi connectivity index (χ1v) is 7.57. The first-order chi connectivity index (χ1) is 8.25. The van der Waals surface area contributed by atoms with Crippen molar-refractivity contribution in [2.75, 3.05) is 7.11 Å². The van der Waals surface area contributed by atoms with Crippen LogP contribution in [0.1, 0.15) is 42.8 Å². The molecule has 0 spiro atoms. The van der Waals surface area contributed by atoms with Gasteiger partial charge in [-0.3, -0.25) is 0 Å². The molecule has 0 radical (unpaired) electrons. The zero-order valence-corrected chi connectivity index (χ0v) is 11.5. The summed E-state index contributed by atoms with van der Waals surface area (Å²) < 4.78 is 6.52. The van der Waals surface area contributed by atoms with Crippen molar-refractivity contribution in [3.8, 4) is 0 Å². The van der Waals surface area contributed by atoms with Crippen molar-refractivity contribution < 1.29 is 4.74 Å². The Kier molecular flexibility index (Phi) is 3.00. The zero-order valence-electron chi connectivity index (χ0n) is 9.91. The van der Waals surface area contributed by atoms with E-state index in [0.717, 1.165) is 34.8 Å². The summed E-state index contributed by atoms with van der Waals surface area (Å²) in [6.07, 6.45) is 4.52. The molecule has 0 bridgehead atoms. The second kappa shape index (κ2) is 4.37. The highest BCUT2D eigenvalue weighted by Crippen LogP contribution is 2.41. The summed E-state index contributed by atoms with van der Waals surface area (Å²) in [5, 5.41) is 0. The maximum atomic E-state index is 5.75. The van der Waals surface area contributed by atoms with Gasteiger partial charge in [0.1, 0.15) is 16.1 Å². The summed E-state index contributed by atoms with van der Waals surface area (Å²) in [7, 11) is 1.78. The van der Waals surface area contributed by atoms with Gasteiger partial charge in [-0.15, -0.1) is 0 Å². The summed E-state index contributed by atoms with van der Waals surface area (Å²) in [5.41, 5.74) is 2.27. The Labute approximate surface area is 110 Å². The van der Waals surface area contributed by atoms with Crippen LogP contribution in [-0.4, -0.2) is 17.1 Å². The third-order valence-corrected chi connectivity index (χ3v) is 5.15. The van der Waals surface area contributed by atoms with Gasteiger partial charge in [-0.25, -0.2) is 4.98 Å². The Morgan fingerprint density at radius 1 is 1.35 bits per heavy atom. The topological polar surface area (TPSA) is 37.9 Å². The molecule has 5 heteroatoms. The van der Waals surface area contributed by atoms with Gasteiger partial charge in [0.2, 0.25) is 0 Å². The minimum atomic E-state index is -0.212. The van der Waals surface area contributed by atoms with Crippen LogP contribution in [0, 0.1) is 4.64 Å². The summed E-state index contributed by atoms with van der Waals surface area (Å²) in [6, 6.07) is 0. The molecule has 92 valence electrons. The fourth-order valence-corrected chi connectivity index (χ4v) is 4.22. The van der Waals surface area contributed by atoms with Gasteiger partial charge in [0.25, 0.3) is 0 Å². The van der Waals surface area contributed by atoms with Crippen molar-refractivity contribution >= 4 is 24.0 Å². The molecule has 1 saturated carbocycles. The van der Waals surface area contributed by atoms with Crippen molar-refractivity contribution in [2.45, 2.75) is 42.8 Å². The highest BCUT2D eigenvalue weighted by atomic mass is 32.2. The van der Waals surface area contributed by atoms with Crippen LogP contribution in [0.5, 0.6) is 0 Å². The number of hydrogen-bond acceptors (Lipinski definition) is 4. The molecule has 3 rings (SSSR count). The number of nitrogens with one attached hydrogen (secondary N) is 1. The molecule has 0 saturated heterocycles. The lowest BCUT2D eigenvalue weighted by Gasteiger charge is -2.26. The van der Waals surface area contributed by atoms with Gasteiger partial charge < -0.3 is 9.72 Å². The second-order valence-electron chi connectivity index (χ2n) is 4.75. The number of nitrogens with zero attached hydrogens (tertiary/aromatic N) is 1. The van der Waals surface area contributed by atoms with E-state index in [1.54, 1.807) is 7.11 Å². The molecule has 17 heavy (non-hydrogen) atoms. The summed E-state index contributed by atoms with van der Waals surface area (Å²) in [5.74, 6) is 2.97. The van der Waals surface area contributed by atoms with Crippen molar-refractivity contribution in [1.82, 2.24) is 9.97 Å². The van der Waals surface area contributed by atoms with E-state index in [2.05, 4.69) is 9.97 Å². The predicted octanol–water partition coefficient (Wildman–Crippen LogP) is 3.30. The first-order valence-electron chi connectivity index (χ1n) is 6.01.